The van der Waals surface area contributed by atoms with Crippen LogP contribution < -0.4 is 15.6 Å². The summed E-state index contributed by atoms with van der Waals surface area (Å²) in [5.74, 6) is -0.677. The highest BCUT2D eigenvalue weighted by atomic mass is 35.5. The van der Waals surface area contributed by atoms with Gasteiger partial charge >= 0.3 is 6.01 Å². The molecule has 8 heteroatoms. The Morgan fingerprint density at radius 1 is 1.00 bits per heavy atom. The molecule has 0 amide bonds. The van der Waals surface area contributed by atoms with Gasteiger partial charge < -0.3 is 4.74 Å². The second-order valence-corrected chi connectivity index (χ2v) is 5.82. The summed E-state index contributed by atoms with van der Waals surface area (Å²) >= 11 is 11.8. The molecule has 0 unspecified atom stereocenters. The van der Waals surface area contributed by atoms with E-state index in [1.54, 1.807) is 18.2 Å². The van der Waals surface area contributed by atoms with Gasteiger partial charge in [-0.05, 0) is 23.8 Å². The third-order valence-corrected chi connectivity index (χ3v) is 3.92. The fourth-order valence-corrected chi connectivity index (χ4v) is 2.23. The number of hydrazine groups is 1. The van der Waals surface area contributed by atoms with E-state index in [1.807, 2.05) is 30.3 Å². The largest absolute Gasteiger partial charge is 0.459 e. The van der Waals surface area contributed by atoms with Gasteiger partial charge in [0.25, 0.3) is 0 Å². The molecule has 0 saturated carbocycles. The second-order valence-electron chi connectivity index (χ2n) is 5.00. The third kappa shape index (κ3) is 4.71. The number of hydrogen-bond acceptors (Lipinski definition) is 5. The average Bonchev–Trinajstić information content (AvgIpc) is 2.63. The van der Waals surface area contributed by atoms with Crippen molar-refractivity contribution in [2.45, 2.75) is 6.61 Å². The first kappa shape index (κ1) is 17.3. The number of hydrogen-bond donors (Lipinski definition) is 2. The molecule has 1 heterocycles. The highest BCUT2D eigenvalue weighted by Crippen LogP contribution is 2.25. The zero-order chi connectivity index (χ0) is 17.6. The van der Waals surface area contributed by atoms with Gasteiger partial charge in [-0.2, -0.15) is 4.98 Å². The van der Waals surface area contributed by atoms with Crippen LogP contribution in [0.5, 0.6) is 6.01 Å². The molecule has 2 N–H and O–H groups in total. The minimum Gasteiger partial charge on any atom is -0.459 e. The molecule has 0 fully saturated rings. The minimum absolute atomic E-state index is 0.0517. The monoisotopic (exact) mass is 378 g/mol. The van der Waals surface area contributed by atoms with Gasteiger partial charge in [0.1, 0.15) is 6.61 Å². The van der Waals surface area contributed by atoms with E-state index in [0.717, 1.165) is 11.8 Å². The molecule has 0 aliphatic carbocycles. The van der Waals surface area contributed by atoms with E-state index in [2.05, 4.69) is 20.8 Å². The van der Waals surface area contributed by atoms with Crippen molar-refractivity contribution in [1.29, 1.82) is 0 Å². The predicted octanol–water partition coefficient (Wildman–Crippen LogP) is 4.94. The van der Waals surface area contributed by atoms with Crippen LogP contribution in [-0.4, -0.2) is 9.97 Å². The summed E-state index contributed by atoms with van der Waals surface area (Å²) in [5, 5.41) is 0.806. The molecule has 2 aromatic carbocycles. The molecule has 0 aliphatic heterocycles. The maximum absolute atomic E-state index is 13.8. The van der Waals surface area contributed by atoms with Crippen LogP contribution in [0.4, 0.5) is 15.9 Å². The molecule has 0 bridgehead atoms. The Morgan fingerprint density at radius 3 is 2.56 bits per heavy atom. The van der Waals surface area contributed by atoms with Crippen molar-refractivity contribution < 1.29 is 9.13 Å². The first-order valence-corrected chi connectivity index (χ1v) is 8.04. The summed E-state index contributed by atoms with van der Waals surface area (Å²) in [6.07, 6.45) is 1.03. The molecule has 5 nitrogen and oxygen atoms in total. The lowest BCUT2D eigenvalue weighted by Gasteiger charge is -2.11. The van der Waals surface area contributed by atoms with Crippen LogP contribution in [0.2, 0.25) is 10.0 Å². The van der Waals surface area contributed by atoms with Gasteiger partial charge in [-0.15, -0.1) is 0 Å². The van der Waals surface area contributed by atoms with Crippen molar-refractivity contribution in [3.05, 3.63) is 76.2 Å². The predicted molar refractivity (Wildman–Crippen MR) is 96.5 cm³/mol. The standard InChI is InChI=1S/C17H13Cl2FN4O/c18-13-7-6-12(8-14(13)19)23-24-16-15(20)9-21-17(22-16)25-10-11-4-2-1-3-5-11/h1-9,23H,10H2,(H,21,22,24). The van der Waals surface area contributed by atoms with E-state index >= 15 is 0 Å². The molecule has 0 atom stereocenters. The molecule has 25 heavy (non-hydrogen) atoms. The lowest BCUT2D eigenvalue weighted by molar-refractivity contribution is 0.280. The van der Waals surface area contributed by atoms with E-state index in [-0.39, 0.29) is 18.4 Å². The van der Waals surface area contributed by atoms with E-state index in [0.29, 0.717) is 15.7 Å². The zero-order valence-electron chi connectivity index (χ0n) is 12.8. The van der Waals surface area contributed by atoms with Crippen molar-refractivity contribution >= 4 is 34.7 Å². The maximum atomic E-state index is 13.8. The number of ether oxygens (including phenoxy) is 1. The fourth-order valence-electron chi connectivity index (χ4n) is 1.94. The Bertz CT molecular complexity index is 865. The van der Waals surface area contributed by atoms with Gasteiger partial charge in [0.05, 0.1) is 21.9 Å². The molecule has 3 rings (SSSR count). The quantitative estimate of drug-likeness (QED) is 0.594. The van der Waals surface area contributed by atoms with E-state index in [9.17, 15) is 4.39 Å². The molecular weight excluding hydrogens is 366 g/mol. The molecule has 128 valence electrons. The summed E-state index contributed by atoms with van der Waals surface area (Å²) in [4.78, 5) is 7.82. The number of aromatic nitrogens is 2. The van der Waals surface area contributed by atoms with Gasteiger partial charge in [0.2, 0.25) is 0 Å². The topological polar surface area (TPSA) is 59.1 Å². The Kier molecular flexibility index (Phi) is 5.53. The minimum atomic E-state index is -0.625. The van der Waals surface area contributed by atoms with Gasteiger partial charge in [-0.25, -0.2) is 9.37 Å². The summed E-state index contributed by atoms with van der Waals surface area (Å²) in [6, 6.07) is 14.5. The lowest BCUT2D eigenvalue weighted by Crippen LogP contribution is -2.13. The normalized spacial score (nSPS) is 10.4. The van der Waals surface area contributed by atoms with Crippen LogP contribution in [0.25, 0.3) is 0 Å². The smallest absolute Gasteiger partial charge is 0.318 e. The number of nitrogens with one attached hydrogen (secondary N) is 2. The lowest BCUT2D eigenvalue weighted by atomic mass is 10.2. The summed E-state index contributed by atoms with van der Waals surface area (Å²) in [7, 11) is 0. The SMILES string of the molecule is Fc1cnc(OCc2ccccc2)nc1NNc1ccc(Cl)c(Cl)c1. The fraction of sp³-hybridized carbons (Fsp3) is 0.0588. The van der Waals surface area contributed by atoms with Gasteiger partial charge in [-0.3, -0.25) is 10.9 Å². The van der Waals surface area contributed by atoms with E-state index in [1.165, 1.54) is 0 Å². The molecular formula is C17H13Cl2FN4O. The van der Waals surface area contributed by atoms with Crippen LogP contribution in [0.15, 0.2) is 54.7 Å². The van der Waals surface area contributed by atoms with Crippen molar-refractivity contribution in [2.75, 3.05) is 10.9 Å². The molecule has 0 radical (unpaired) electrons. The summed E-state index contributed by atoms with van der Waals surface area (Å²) in [5.41, 5.74) is 7.00. The Hall–Kier alpha value is -2.57. The third-order valence-electron chi connectivity index (χ3n) is 3.18. The van der Waals surface area contributed by atoms with Crippen LogP contribution in [0.1, 0.15) is 5.56 Å². The van der Waals surface area contributed by atoms with Crippen LogP contribution in [0.3, 0.4) is 0 Å². The average molecular weight is 379 g/mol. The van der Waals surface area contributed by atoms with Crippen molar-refractivity contribution in [1.82, 2.24) is 9.97 Å². The molecule has 1 aromatic heterocycles. The van der Waals surface area contributed by atoms with Gasteiger partial charge in [0.15, 0.2) is 11.6 Å². The Morgan fingerprint density at radius 2 is 1.80 bits per heavy atom. The van der Waals surface area contributed by atoms with Crippen molar-refractivity contribution in [3.63, 3.8) is 0 Å². The molecule has 0 saturated heterocycles. The Labute approximate surface area is 153 Å². The summed E-state index contributed by atoms with van der Waals surface area (Å²) in [6.45, 7) is 0.284. The van der Waals surface area contributed by atoms with Crippen molar-refractivity contribution in [2.24, 2.45) is 0 Å². The molecule has 0 aliphatic rings. The molecule has 3 aromatic rings. The summed E-state index contributed by atoms with van der Waals surface area (Å²) < 4.78 is 19.3. The highest BCUT2D eigenvalue weighted by molar-refractivity contribution is 6.42. The Balaban J connectivity index is 1.65. The van der Waals surface area contributed by atoms with Crippen LogP contribution in [0, 0.1) is 5.82 Å². The zero-order valence-corrected chi connectivity index (χ0v) is 14.4. The van der Waals surface area contributed by atoms with E-state index in [4.69, 9.17) is 27.9 Å². The van der Waals surface area contributed by atoms with Gasteiger partial charge in [0, 0.05) is 0 Å². The number of anilines is 2. The van der Waals surface area contributed by atoms with Crippen LogP contribution >= 0.6 is 23.2 Å². The number of halogens is 3. The maximum Gasteiger partial charge on any atom is 0.318 e. The molecule has 0 spiro atoms. The number of benzene rings is 2. The number of rotatable bonds is 6. The van der Waals surface area contributed by atoms with Crippen molar-refractivity contribution in [3.8, 4) is 6.01 Å². The van der Waals surface area contributed by atoms with Crippen LogP contribution in [-0.2, 0) is 6.61 Å². The first-order chi connectivity index (χ1) is 12.1. The highest BCUT2D eigenvalue weighted by Gasteiger charge is 2.08. The number of nitrogens with zero attached hydrogens (tertiary/aromatic N) is 2. The first-order valence-electron chi connectivity index (χ1n) is 7.28. The van der Waals surface area contributed by atoms with E-state index < -0.39 is 5.82 Å². The second kappa shape index (κ2) is 8.00. The van der Waals surface area contributed by atoms with Gasteiger partial charge in [-0.1, -0.05) is 53.5 Å².